The Kier molecular flexibility index (Phi) is 3.95. The number of oxime groups is 1. The molecule has 0 N–H and O–H groups in total. The van der Waals surface area contributed by atoms with Gasteiger partial charge in [0.05, 0.1) is 11.8 Å². The summed E-state index contributed by atoms with van der Waals surface area (Å²) in [4.78, 5) is 4.60. The molecule has 0 spiro atoms. The van der Waals surface area contributed by atoms with Crippen LogP contribution in [-0.4, -0.2) is 12.8 Å². The maximum Gasteiger partial charge on any atom is 0.416 e. The first-order valence-corrected chi connectivity index (χ1v) is 4.30. The molecule has 0 aliphatic heterocycles. The quantitative estimate of drug-likeness (QED) is 0.336. The van der Waals surface area contributed by atoms with Gasteiger partial charge in [-0.05, 0) is 17.7 Å². The van der Waals surface area contributed by atoms with Crippen LogP contribution in [0.15, 0.2) is 29.4 Å². The number of halogens is 3. The fourth-order valence-corrected chi connectivity index (χ4v) is 0.931. The molecule has 1 rings (SSSR count). The summed E-state index contributed by atoms with van der Waals surface area (Å²) < 4.78 is 36.6. The maximum atomic E-state index is 12.2. The Morgan fingerprint density at radius 2 is 1.94 bits per heavy atom. The van der Waals surface area contributed by atoms with Gasteiger partial charge < -0.3 is 4.84 Å². The zero-order chi connectivity index (χ0) is 12.0. The lowest BCUT2D eigenvalue weighted by Crippen LogP contribution is -2.04. The number of nitrogens with zero attached hydrogens (tertiary/aromatic N) is 1. The Labute approximate surface area is 90.7 Å². The van der Waals surface area contributed by atoms with Crippen molar-refractivity contribution in [3.8, 4) is 12.3 Å². The molecule has 0 saturated heterocycles. The average molecular weight is 227 g/mol. The van der Waals surface area contributed by atoms with E-state index in [1.165, 1.54) is 18.3 Å². The van der Waals surface area contributed by atoms with Crippen molar-refractivity contribution in [1.29, 1.82) is 0 Å². The van der Waals surface area contributed by atoms with Gasteiger partial charge in [0.1, 0.15) is 0 Å². The number of terminal acetylenes is 1. The lowest BCUT2D eigenvalue weighted by Gasteiger charge is -2.05. The largest absolute Gasteiger partial charge is 0.416 e. The first-order chi connectivity index (χ1) is 7.54. The number of rotatable bonds is 3. The van der Waals surface area contributed by atoms with Crippen molar-refractivity contribution in [1.82, 2.24) is 0 Å². The first kappa shape index (κ1) is 12.1. The van der Waals surface area contributed by atoms with E-state index in [1.54, 1.807) is 0 Å². The third-order valence-electron chi connectivity index (χ3n) is 1.66. The second-order valence-electron chi connectivity index (χ2n) is 2.83. The van der Waals surface area contributed by atoms with Crippen LogP contribution in [0, 0.1) is 12.3 Å². The number of alkyl halides is 3. The van der Waals surface area contributed by atoms with Crippen molar-refractivity contribution < 1.29 is 18.0 Å². The van der Waals surface area contributed by atoms with E-state index in [1.807, 2.05) is 0 Å². The van der Waals surface area contributed by atoms with E-state index in [0.29, 0.717) is 5.56 Å². The minimum Gasteiger partial charge on any atom is -0.383 e. The molecule has 1 aromatic rings. The Morgan fingerprint density at radius 1 is 1.31 bits per heavy atom. The van der Waals surface area contributed by atoms with Crippen molar-refractivity contribution in [2.75, 3.05) is 6.61 Å². The zero-order valence-electron chi connectivity index (χ0n) is 8.16. The molecule has 0 atom stereocenters. The van der Waals surface area contributed by atoms with Gasteiger partial charge in [0.25, 0.3) is 0 Å². The van der Waals surface area contributed by atoms with Gasteiger partial charge in [-0.15, -0.1) is 6.42 Å². The van der Waals surface area contributed by atoms with Crippen LogP contribution in [0.1, 0.15) is 11.1 Å². The number of hydrogen-bond donors (Lipinski definition) is 0. The Balaban J connectivity index is 2.66. The highest BCUT2D eigenvalue weighted by Crippen LogP contribution is 2.28. The summed E-state index contributed by atoms with van der Waals surface area (Å²) in [7, 11) is 0. The van der Waals surface area contributed by atoms with Crippen LogP contribution < -0.4 is 0 Å². The summed E-state index contributed by atoms with van der Waals surface area (Å²) in [6, 6.07) is 4.54. The molecular weight excluding hydrogens is 219 g/mol. The molecule has 84 valence electrons. The van der Waals surface area contributed by atoms with Crippen LogP contribution in [0.5, 0.6) is 0 Å². The number of benzene rings is 1. The molecule has 5 heteroatoms. The molecule has 0 heterocycles. The molecule has 0 bridgehead atoms. The van der Waals surface area contributed by atoms with E-state index in [2.05, 4.69) is 15.9 Å². The predicted octanol–water partition coefficient (Wildman–Crippen LogP) is 2.69. The van der Waals surface area contributed by atoms with Crippen LogP contribution >= 0.6 is 0 Å². The molecule has 16 heavy (non-hydrogen) atoms. The van der Waals surface area contributed by atoms with Gasteiger partial charge in [-0.3, -0.25) is 0 Å². The minimum absolute atomic E-state index is 0.0249. The SMILES string of the molecule is C#CCON=Cc1ccc(C(F)(F)F)cc1. The Morgan fingerprint density at radius 3 is 2.44 bits per heavy atom. The molecule has 0 amide bonds. The van der Waals surface area contributed by atoms with Crippen molar-refractivity contribution in [2.45, 2.75) is 6.18 Å². The molecule has 0 aliphatic rings. The smallest absolute Gasteiger partial charge is 0.383 e. The summed E-state index contributed by atoms with van der Waals surface area (Å²) in [6.45, 7) is 0.0249. The van der Waals surface area contributed by atoms with E-state index in [0.717, 1.165) is 12.1 Å². The fraction of sp³-hybridized carbons (Fsp3) is 0.182. The third-order valence-corrected chi connectivity index (χ3v) is 1.66. The van der Waals surface area contributed by atoms with Crippen molar-refractivity contribution >= 4 is 6.21 Å². The second-order valence-corrected chi connectivity index (χ2v) is 2.83. The average Bonchev–Trinajstić information content (AvgIpc) is 2.24. The maximum absolute atomic E-state index is 12.2. The van der Waals surface area contributed by atoms with Gasteiger partial charge in [-0.1, -0.05) is 23.2 Å². The second kappa shape index (κ2) is 5.21. The monoisotopic (exact) mass is 227 g/mol. The Bertz CT molecular complexity index is 401. The molecule has 0 radical (unpaired) electrons. The Hall–Kier alpha value is -1.96. The summed E-state index contributed by atoms with van der Waals surface area (Å²) in [5.74, 6) is 2.20. The van der Waals surface area contributed by atoms with E-state index in [4.69, 9.17) is 6.42 Å². The lowest BCUT2D eigenvalue weighted by molar-refractivity contribution is -0.137. The van der Waals surface area contributed by atoms with Crippen LogP contribution in [-0.2, 0) is 11.0 Å². The molecule has 0 saturated carbocycles. The summed E-state index contributed by atoms with van der Waals surface area (Å²) >= 11 is 0. The van der Waals surface area contributed by atoms with Gasteiger partial charge in [0.2, 0.25) is 0 Å². The van der Waals surface area contributed by atoms with Gasteiger partial charge in [-0.25, -0.2) is 0 Å². The summed E-state index contributed by atoms with van der Waals surface area (Å²) in [5.41, 5.74) is -0.195. The molecule has 0 aromatic heterocycles. The predicted molar refractivity (Wildman–Crippen MR) is 53.8 cm³/mol. The normalized spacial score (nSPS) is 11.4. The van der Waals surface area contributed by atoms with Gasteiger partial charge >= 0.3 is 6.18 Å². The minimum atomic E-state index is -4.32. The molecule has 0 fully saturated rings. The summed E-state index contributed by atoms with van der Waals surface area (Å²) in [5, 5.41) is 3.47. The molecule has 2 nitrogen and oxygen atoms in total. The van der Waals surface area contributed by atoms with Crippen LogP contribution in [0.25, 0.3) is 0 Å². The number of hydrogen-bond acceptors (Lipinski definition) is 2. The highest BCUT2D eigenvalue weighted by atomic mass is 19.4. The topological polar surface area (TPSA) is 21.6 Å². The van der Waals surface area contributed by atoms with E-state index in [9.17, 15) is 13.2 Å². The van der Waals surface area contributed by atoms with Gasteiger partial charge in [0.15, 0.2) is 6.61 Å². The van der Waals surface area contributed by atoms with E-state index >= 15 is 0 Å². The van der Waals surface area contributed by atoms with Crippen LogP contribution in [0.3, 0.4) is 0 Å². The molecule has 1 aromatic carbocycles. The zero-order valence-corrected chi connectivity index (χ0v) is 8.16. The van der Waals surface area contributed by atoms with Crippen molar-refractivity contribution in [3.63, 3.8) is 0 Å². The van der Waals surface area contributed by atoms with Crippen LogP contribution in [0.2, 0.25) is 0 Å². The third kappa shape index (κ3) is 3.65. The van der Waals surface area contributed by atoms with Crippen LogP contribution in [0.4, 0.5) is 13.2 Å². The van der Waals surface area contributed by atoms with Gasteiger partial charge in [0, 0.05) is 0 Å². The van der Waals surface area contributed by atoms with Crippen molar-refractivity contribution in [2.24, 2.45) is 5.16 Å². The molecule has 0 unspecified atom stereocenters. The van der Waals surface area contributed by atoms with Crippen molar-refractivity contribution in [3.05, 3.63) is 35.4 Å². The van der Waals surface area contributed by atoms with Gasteiger partial charge in [-0.2, -0.15) is 13.2 Å². The highest BCUT2D eigenvalue weighted by Gasteiger charge is 2.29. The van der Waals surface area contributed by atoms with E-state index < -0.39 is 11.7 Å². The first-order valence-electron chi connectivity index (χ1n) is 4.30. The van der Waals surface area contributed by atoms with E-state index in [-0.39, 0.29) is 6.61 Å². The fourth-order valence-electron chi connectivity index (χ4n) is 0.931. The standard InChI is InChI=1S/C11H8F3NO/c1-2-7-16-15-8-9-3-5-10(6-4-9)11(12,13)14/h1,3-6,8H,7H2. The molecule has 0 aliphatic carbocycles. The molecular formula is C11H8F3NO. The summed E-state index contributed by atoms with van der Waals surface area (Å²) in [6.07, 6.45) is 1.87. The lowest BCUT2D eigenvalue weighted by atomic mass is 10.1. The highest BCUT2D eigenvalue weighted by molar-refractivity contribution is 5.79.